The summed E-state index contributed by atoms with van der Waals surface area (Å²) in [5.41, 5.74) is 0.524. The predicted octanol–water partition coefficient (Wildman–Crippen LogP) is 3.34. The number of aryl methyl sites for hydroxylation is 1. The third-order valence-electron chi connectivity index (χ3n) is 5.64. The molecule has 1 saturated heterocycles. The molecule has 2 aliphatic rings. The number of aromatic nitrogens is 3. The Labute approximate surface area is 168 Å². The van der Waals surface area contributed by atoms with Crippen LogP contribution in [0.3, 0.4) is 0 Å². The molecular weight excluding hydrogens is 427 g/mol. The van der Waals surface area contributed by atoms with Gasteiger partial charge in [-0.1, -0.05) is 25.7 Å². The molecule has 1 aromatic heterocycles. The zero-order valence-corrected chi connectivity index (χ0v) is 18.0. The van der Waals surface area contributed by atoms with E-state index < -0.39 is 0 Å². The Hall–Kier alpha value is -0.860. The smallest absolute Gasteiger partial charge is 0.194 e. The molecule has 1 aromatic rings. The molecule has 0 aromatic carbocycles. The lowest BCUT2D eigenvalue weighted by atomic mass is 9.74. The first kappa shape index (κ1) is 20.5. The monoisotopic (exact) mass is 460 g/mol. The molecular formula is C18H33IN6. The van der Waals surface area contributed by atoms with E-state index in [9.17, 15) is 0 Å². The van der Waals surface area contributed by atoms with E-state index in [1.165, 1.54) is 51.4 Å². The summed E-state index contributed by atoms with van der Waals surface area (Å²) < 4.78 is 1.80. The average molecular weight is 460 g/mol. The van der Waals surface area contributed by atoms with E-state index in [2.05, 4.69) is 27.2 Å². The van der Waals surface area contributed by atoms with Crippen molar-refractivity contribution in [2.45, 2.75) is 64.8 Å². The van der Waals surface area contributed by atoms with E-state index in [1.807, 2.05) is 7.05 Å². The van der Waals surface area contributed by atoms with Gasteiger partial charge in [0.05, 0.1) is 0 Å². The summed E-state index contributed by atoms with van der Waals surface area (Å²) in [5, 5.41) is 7.62. The van der Waals surface area contributed by atoms with Gasteiger partial charge in [-0.2, -0.15) is 5.10 Å². The fraction of sp³-hybridized carbons (Fsp3) is 0.833. The van der Waals surface area contributed by atoms with E-state index in [4.69, 9.17) is 4.99 Å². The van der Waals surface area contributed by atoms with Gasteiger partial charge in [0, 0.05) is 26.7 Å². The zero-order valence-electron chi connectivity index (χ0n) is 15.7. The maximum Gasteiger partial charge on any atom is 0.194 e. The summed E-state index contributed by atoms with van der Waals surface area (Å²) in [5.74, 6) is 1.95. The number of piperidine rings is 1. The van der Waals surface area contributed by atoms with Crippen LogP contribution in [0.4, 0.5) is 0 Å². The minimum atomic E-state index is 0. The fourth-order valence-corrected chi connectivity index (χ4v) is 4.31. The Morgan fingerprint density at radius 2 is 1.92 bits per heavy atom. The highest BCUT2D eigenvalue weighted by Gasteiger charge is 2.36. The third-order valence-corrected chi connectivity index (χ3v) is 5.64. The summed E-state index contributed by atoms with van der Waals surface area (Å²) in [6.07, 6.45) is 12.7. The molecule has 1 N–H and O–H groups in total. The first-order valence-corrected chi connectivity index (χ1v) is 9.59. The molecule has 25 heavy (non-hydrogen) atoms. The van der Waals surface area contributed by atoms with Crippen LogP contribution in [-0.4, -0.2) is 45.3 Å². The lowest BCUT2D eigenvalue weighted by molar-refractivity contribution is 0.115. The number of nitrogens with one attached hydrogen (secondary N) is 1. The second-order valence-electron chi connectivity index (χ2n) is 7.41. The number of likely N-dealkylation sites (tertiary alicyclic amines) is 1. The van der Waals surface area contributed by atoms with Crippen LogP contribution in [0.25, 0.3) is 0 Å². The summed E-state index contributed by atoms with van der Waals surface area (Å²) >= 11 is 0. The van der Waals surface area contributed by atoms with Crippen molar-refractivity contribution in [3.8, 4) is 0 Å². The molecule has 1 aliphatic carbocycles. The Kier molecular flexibility index (Phi) is 7.96. The van der Waals surface area contributed by atoms with E-state index >= 15 is 0 Å². The van der Waals surface area contributed by atoms with Gasteiger partial charge in [0.2, 0.25) is 0 Å². The number of aliphatic imine (C=N–C) groups is 1. The molecule has 0 atom stereocenters. The summed E-state index contributed by atoms with van der Waals surface area (Å²) in [4.78, 5) is 11.6. The van der Waals surface area contributed by atoms with E-state index in [0.717, 1.165) is 31.4 Å². The number of hydrogen-bond donors (Lipinski definition) is 1. The van der Waals surface area contributed by atoms with Crippen LogP contribution in [0.15, 0.2) is 11.3 Å². The molecule has 2 fully saturated rings. The molecule has 0 bridgehead atoms. The van der Waals surface area contributed by atoms with Crippen LogP contribution in [0.2, 0.25) is 0 Å². The van der Waals surface area contributed by atoms with Gasteiger partial charge in [0.25, 0.3) is 0 Å². The molecule has 0 amide bonds. The van der Waals surface area contributed by atoms with Crippen molar-refractivity contribution in [3.63, 3.8) is 0 Å². The highest BCUT2D eigenvalue weighted by Crippen LogP contribution is 2.42. The van der Waals surface area contributed by atoms with Crippen molar-refractivity contribution < 1.29 is 0 Å². The van der Waals surface area contributed by atoms with Crippen molar-refractivity contribution in [3.05, 3.63) is 12.2 Å². The first-order chi connectivity index (χ1) is 11.7. The lowest BCUT2D eigenvalue weighted by Crippen LogP contribution is -2.50. The molecule has 1 saturated carbocycles. The Morgan fingerprint density at radius 3 is 2.56 bits per heavy atom. The van der Waals surface area contributed by atoms with Gasteiger partial charge in [-0.3, -0.25) is 4.68 Å². The third kappa shape index (κ3) is 5.31. The second-order valence-corrected chi connectivity index (χ2v) is 7.41. The Balaban J connectivity index is 0.00000225. The standard InChI is InChI=1S/C18H32N6.HI/c1-3-19-17(20-13-16-21-15-22-23(16)2)24-12-8-11-18(14-24)9-6-4-5-7-10-18;/h15H,3-14H2,1-2H3,(H,19,20);1H. The molecule has 0 unspecified atom stereocenters. The highest BCUT2D eigenvalue weighted by molar-refractivity contribution is 14.0. The largest absolute Gasteiger partial charge is 0.357 e. The van der Waals surface area contributed by atoms with Crippen molar-refractivity contribution >= 4 is 29.9 Å². The topological polar surface area (TPSA) is 58.3 Å². The van der Waals surface area contributed by atoms with Crippen LogP contribution in [0.1, 0.15) is 64.1 Å². The molecule has 1 aliphatic heterocycles. The van der Waals surface area contributed by atoms with E-state index in [-0.39, 0.29) is 24.0 Å². The average Bonchev–Trinajstić information content (AvgIpc) is 2.87. The number of halogens is 1. The van der Waals surface area contributed by atoms with Gasteiger partial charge in [0.15, 0.2) is 5.96 Å². The molecule has 0 radical (unpaired) electrons. The van der Waals surface area contributed by atoms with Gasteiger partial charge in [-0.25, -0.2) is 9.98 Å². The molecule has 3 rings (SSSR count). The van der Waals surface area contributed by atoms with Crippen LogP contribution in [0.5, 0.6) is 0 Å². The number of nitrogens with zero attached hydrogens (tertiary/aromatic N) is 5. The molecule has 7 heteroatoms. The minimum Gasteiger partial charge on any atom is -0.357 e. The van der Waals surface area contributed by atoms with Crippen molar-refractivity contribution in [1.29, 1.82) is 0 Å². The second kappa shape index (κ2) is 9.73. The molecule has 6 nitrogen and oxygen atoms in total. The predicted molar refractivity (Wildman–Crippen MR) is 112 cm³/mol. The normalized spacial score (nSPS) is 20.9. The van der Waals surface area contributed by atoms with Crippen molar-refractivity contribution in [2.75, 3.05) is 19.6 Å². The van der Waals surface area contributed by atoms with Gasteiger partial charge in [-0.15, -0.1) is 24.0 Å². The van der Waals surface area contributed by atoms with Crippen molar-refractivity contribution in [1.82, 2.24) is 25.0 Å². The van der Waals surface area contributed by atoms with Crippen LogP contribution >= 0.6 is 24.0 Å². The van der Waals surface area contributed by atoms with E-state index in [1.54, 1.807) is 11.0 Å². The SMILES string of the molecule is CCNC(=NCc1ncnn1C)N1CCCC2(CCCCCC2)C1.I. The summed E-state index contributed by atoms with van der Waals surface area (Å²) in [7, 11) is 1.92. The Bertz CT molecular complexity index is 548. The maximum atomic E-state index is 4.85. The summed E-state index contributed by atoms with van der Waals surface area (Å²) in [6.45, 7) is 5.91. The van der Waals surface area contributed by atoms with Crippen LogP contribution in [-0.2, 0) is 13.6 Å². The van der Waals surface area contributed by atoms with Crippen LogP contribution in [0, 0.1) is 5.41 Å². The number of rotatable bonds is 3. The zero-order chi connectivity index (χ0) is 16.8. The molecule has 2 heterocycles. The van der Waals surface area contributed by atoms with E-state index in [0.29, 0.717) is 12.0 Å². The molecule has 142 valence electrons. The quantitative estimate of drug-likeness (QED) is 0.427. The van der Waals surface area contributed by atoms with Gasteiger partial charge in [0.1, 0.15) is 18.7 Å². The Morgan fingerprint density at radius 1 is 1.20 bits per heavy atom. The van der Waals surface area contributed by atoms with Crippen molar-refractivity contribution in [2.24, 2.45) is 17.5 Å². The summed E-state index contributed by atoms with van der Waals surface area (Å²) in [6, 6.07) is 0. The van der Waals surface area contributed by atoms with Gasteiger partial charge < -0.3 is 10.2 Å². The number of hydrogen-bond acceptors (Lipinski definition) is 3. The number of guanidine groups is 1. The molecule has 1 spiro atoms. The minimum absolute atomic E-state index is 0. The first-order valence-electron chi connectivity index (χ1n) is 9.59. The maximum absolute atomic E-state index is 4.85. The van der Waals surface area contributed by atoms with Gasteiger partial charge >= 0.3 is 0 Å². The fourth-order valence-electron chi connectivity index (χ4n) is 4.31. The highest BCUT2D eigenvalue weighted by atomic mass is 127. The van der Waals surface area contributed by atoms with Gasteiger partial charge in [-0.05, 0) is 38.0 Å². The van der Waals surface area contributed by atoms with Crippen LogP contribution < -0.4 is 5.32 Å². The lowest BCUT2D eigenvalue weighted by Gasteiger charge is -2.44.